The highest BCUT2D eigenvalue weighted by Gasteiger charge is 2.44. The average molecular weight is 456 g/mol. The molecule has 13 atom stereocenters. The van der Waals surface area contributed by atoms with Gasteiger partial charge in [0.05, 0.1) is 24.4 Å². The number of aliphatic hydroxyl groups excluding tert-OH is 6. The molecule has 2 saturated heterocycles. The minimum Gasteiger partial charge on any atom is -0.391 e. The van der Waals surface area contributed by atoms with Crippen molar-refractivity contribution in [1.82, 2.24) is 5.32 Å². The van der Waals surface area contributed by atoms with Gasteiger partial charge in [0.1, 0.15) is 24.5 Å². The first kappa shape index (κ1) is 26.7. The van der Waals surface area contributed by atoms with Crippen molar-refractivity contribution >= 4 is 0 Å². The predicted molar refractivity (Wildman–Crippen MR) is 105 cm³/mol. The third kappa shape index (κ3) is 6.74. The van der Waals surface area contributed by atoms with Gasteiger partial charge in [-0.2, -0.15) is 0 Å². The molecule has 31 heavy (non-hydrogen) atoms. The van der Waals surface area contributed by atoms with Crippen molar-refractivity contribution in [2.24, 2.45) is 11.5 Å². The smallest absolute Gasteiger partial charge is 0.198 e. The molecule has 0 spiro atoms. The standard InChI is InChI=1S/C18H37N3O10/c1-4-10-11(23)12(24)17(29-10)31-16(27)9(20)5-8(19)7(3)28-18-15(26)21-14(25)13(30-18)6(2)22/h6-18,21-27H,4-5,19-20H2,1-3H3/t6-,7+,8?,9?,10?,11?,12?,13?,14-,15+,16+,17?,18?/m1/s1. The summed E-state index contributed by atoms with van der Waals surface area (Å²) in [5, 5.41) is 62.0. The lowest BCUT2D eigenvalue weighted by molar-refractivity contribution is -0.303. The molecule has 2 rings (SSSR count). The Bertz CT molecular complexity index is 547. The molecule has 8 unspecified atom stereocenters. The summed E-state index contributed by atoms with van der Waals surface area (Å²) in [4.78, 5) is 0. The van der Waals surface area contributed by atoms with Crippen LogP contribution in [-0.2, 0) is 18.9 Å². The monoisotopic (exact) mass is 455 g/mol. The third-order valence-corrected chi connectivity index (χ3v) is 5.53. The van der Waals surface area contributed by atoms with E-state index >= 15 is 0 Å². The second-order valence-corrected chi connectivity index (χ2v) is 8.13. The molecular weight excluding hydrogens is 418 g/mol. The summed E-state index contributed by atoms with van der Waals surface area (Å²) < 4.78 is 21.7. The molecule has 0 radical (unpaired) electrons. The molecule has 11 N–H and O–H groups in total. The zero-order valence-electron chi connectivity index (χ0n) is 17.9. The first-order chi connectivity index (χ1) is 14.5. The molecule has 0 aromatic carbocycles. The van der Waals surface area contributed by atoms with E-state index in [1.165, 1.54) is 6.92 Å². The van der Waals surface area contributed by atoms with E-state index in [1.54, 1.807) is 13.8 Å². The van der Waals surface area contributed by atoms with Crippen LogP contribution in [0.15, 0.2) is 0 Å². The van der Waals surface area contributed by atoms with Crippen molar-refractivity contribution in [3.63, 3.8) is 0 Å². The van der Waals surface area contributed by atoms with Gasteiger partial charge in [-0.3, -0.25) is 5.32 Å². The molecule has 0 aliphatic carbocycles. The Balaban J connectivity index is 1.84. The van der Waals surface area contributed by atoms with E-state index in [4.69, 9.17) is 30.4 Å². The average Bonchev–Trinajstić information content (AvgIpc) is 2.97. The minimum absolute atomic E-state index is 0.0314. The Hall–Kier alpha value is -0.520. The van der Waals surface area contributed by atoms with E-state index in [2.05, 4.69) is 5.32 Å². The summed E-state index contributed by atoms with van der Waals surface area (Å²) in [6.07, 6.45) is -11.9. The lowest BCUT2D eigenvalue weighted by atomic mass is 10.0. The molecule has 0 saturated carbocycles. The summed E-state index contributed by atoms with van der Waals surface area (Å²) in [6.45, 7) is 4.81. The molecule has 2 aliphatic rings. The van der Waals surface area contributed by atoms with Gasteiger partial charge in [-0.05, 0) is 26.7 Å². The first-order valence-corrected chi connectivity index (χ1v) is 10.4. The molecule has 184 valence electrons. The lowest BCUT2D eigenvalue weighted by Gasteiger charge is -2.40. The molecule has 2 heterocycles. The van der Waals surface area contributed by atoms with Crippen LogP contribution in [0, 0.1) is 0 Å². The van der Waals surface area contributed by atoms with Crippen LogP contribution in [0.3, 0.4) is 0 Å². The van der Waals surface area contributed by atoms with E-state index < -0.39 is 80.0 Å². The van der Waals surface area contributed by atoms with Gasteiger partial charge in [0.15, 0.2) is 25.1 Å². The number of ether oxygens (including phenoxy) is 4. The molecule has 0 amide bonds. The van der Waals surface area contributed by atoms with E-state index in [-0.39, 0.29) is 6.42 Å². The van der Waals surface area contributed by atoms with E-state index in [1.807, 2.05) is 0 Å². The van der Waals surface area contributed by atoms with Gasteiger partial charge < -0.3 is 61.1 Å². The van der Waals surface area contributed by atoms with Gasteiger partial charge in [-0.1, -0.05) is 6.92 Å². The quantitative estimate of drug-likeness (QED) is 0.143. The highest BCUT2D eigenvalue weighted by Crippen LogP contribution is 2.26. The van der Waals surface area contributed by atoms with Crippen LogP contribution in [-0.4, -0.2) is 111 Å². The number of morpholine rings is 1. The highest BCUT2D eigenvalue weighted by molar-refractivity contribution is 4.87. The van der Waals surface area contributed by atoms with E-state index in [9.17, 15) is 30.6 Å². The molecule has 0 aromatic rings. The van der Waals surface area contributed by atoms with Gasteiger partial charge in [0.2, 0.25) is 0 Å². The van der Waals surface area contributed by atoms with Crippen molar-refractivity contribution in [2.75, 3.05) is 0 Å². The van der Waals surface area contributed by atoms with Gasteiger partial charge in [0, 0.05) is 6.04 Å². The fourth-order valence-electron chi connectivity index (χ4n) is 3.47. The summed E-state index contributed by atoms with van der Waals surface area (Å²) in [6, 6.07) is -1.69. The number of nitrogens with two attached hydrogens (primary N) is 2. The molecule has 2 aliphatic heterocycles. The van der Waals surface area contributed by atoms with E-state index in [0.717, 1.165) is 0 Å². The summed E-state index contributed by atoms with van der Waals surface area (Å²) in [5.74, 6) is 0. The van der Waals surface area contributed by atoms with Crippen LogP contribution in [0.25, 0.3) is 0 Å². The second-order valence-electron chi connectivity index (χ2n) is 8.13. The van der Waals surface area contributed by atoms with Gasteiger partial charge in [-0.25, -0.2) is 0 Å². The minimum atomic E-state index is -1.53. The van der Waals surface area contributed by atoms with Crippen LogP contribution >= 0.6 is 0 Å². The number of hydrogen-bond donors (Lipinski definition) is 9. The molecule has 13 nitrogen and oxygen atoms in total. The zero-order chi connectivity index (χ0) is 23.5. The summed E-state index contributed by atoms with van der Waals surface area (Å²) >= 11 is 0. The van der Waals surface area contributed by atoms with Crippen LogP contribution in [0.5, 0.6) is 0 Å². The van der Waals surface area contributed by atoms with Crippen LogP contribution in [0.1, 0.15) is 33.6 Å². The third-order valence-electron chi connectivity index (χ3n) is 5.53. The second kappa shape index (κ2) is 11.6. The zero-order valence-corrected chi connectivity index (χ0v) is 17.9. The van der Waals surface area contributed by atoms with Crippen molar-refractivity contribution in [3.8, 4) is 0 Å². The predicted octanol–water partition coefficient (Wildman–Crippen LogP) is -4.04. The molecule has 13 heteroatoms. The van der Waals surface area contributed by atoms with Crippen LogP contribution in [0.2, 0.25) is 0 Å². The highest BCUT2D eigenvalue weighted by atomic mass is 16.7. The fourth-order valence-corrected chi connectivity index (χ4v) is 3.47. The molecular formula is C18H37N3O10. The van der Waals surface area contributed by atoms with Gasteiger partial charge >= 0.3 is 0 Å². The van der Waals surface area contributed by atoms with Gasteiger partial charge in [-0.15, -0.1) is 0 Å². The number of hydrogen-bond acceptors (Lipinski definition) is 13. The number of nitrogens with one attached hydrogen (secondary N) is 1. The van der Waals surface area contributed by atoms with Crippen molar-refractivity contribution in [3.05, 3.63) is 0 Å². The number of aliphatic hydroxyl groups is 6. The largest absolute Gasteiger partial charge is 0.391 e. The maximum absolute atomic E-state index is 10.2. The first-order valence-electron chi connectivity index (χ1n) is 10.4. The van der Waals surface area contributed by atoms with Crippen LogP contribution < -0.4 is 16.8 Å². The Morgan fingerprint density at radius 1 is 0.903 bits per heavy atom. The summed E-state index contributed by atoms with van der Waals surface area (Å²) in [7, 11) is 0. The normalized spacial score (nSPS) is 41.5. The Morgan fingerprint density at radius 3 is 2.10 bits per heavy atom. The SMILES string of the molecule is CCC1OC(O[C@H](O)C(N)CC(N)[C@H](C)OC2OC([C@@H](C)O)[C@@H](O)N[C@H]2O)C(O)C1O. The van der Waals surface area contributed by atoms with Crippen molar-refractivity contribution in [2.45, 2.75) is 114 Å². The molecule has 0 aromatic heterocycles. The van der Waals surface area contributed by atoms with Crippen molar-refractivity contribution < 1.29 is 49.6 Å². The van der Waals surface area contributed by atoms with E-state index in [0.29, 0.717) is 6.42 Å². The molecule has 2 fully saturated rings. The Labute approximate surface area is 180 Å². The molecule has 0 bridgehead atoms. The van der Waals surface area contributed by atoms with Gasteiger partial charge in [0.25, 0.3) is 0 Å². The maximum Gasteiger partial charge on any atom is 0.198 e. The fraction of sp³-hybridized carbons (Fsp3) is 1.00. The van der Waals surface area contributed by atoms with Crippen molar-refractivity contribution in [1.29, 1.82) is 0 Å². The van der Waals surface area contributed by atoms with Crippen LogP contribution in [0.4, 0.5) is 0 Å². The summed E-state index contributed by atoms with van der Waals surface area (Å²) in [5.41, 5.74) is 12.0. The Morgan fingerprint density at radius 2 is 1.55 bits per heavy atom. The topological polar surface area (TPSA) is 222 Å². The maximum atomic E-state index is 10.2. The number of rotatable bonds is 10. The Kier molecular flexibility index (Phi) is 9.97. The lowest BCUT2D eigenvalue weighted by Crippen LogP contribution is -2.63.